The van der Waals surface area contributed by atoms with Gasteiger partial charge in [-0.3, -0.25) is 0 Å². The zero-order valence-corrected chi connectivity index (χ0v) is 15.9. The zero-order chi connectivity index (χ0) is 15.9. The minimum absolute atomic E-state index is 0.950. The Balaban J connectivity index is 3.43. The van der Waals surface area contributed by atoms with E-state index in [9.17, 15) is 0 Å². The molecule has 0 amide bonds. The van der Waals surface area contributed by atoms with Crippen molar-refractivity contribution in [2.24, 2.45) is 17.8 Å². The standard InChI is InChI=1S/C21H44/c1-6-8-10-14-20(4)16-12-18-21(5)17-11-15-19(3)13-9-7-2/h19-21H,6-18H2,1-5H3. The molecule has 0 saturated heterocycles. The second kappa shape index (κ2) is 14.9. The summed E-state index contributed by atoms with van der Waals surface area (Å²) in [6.07, 6.45) is 18.7. The van der Waals surface area contributed by atoms with Crippen molar-refractivity contribution in [2.45, 2.75) is 118 Å². The van der Waals surface area contributed by atoms with E-state index in [1.54, 1.807) is 0 Å². The lowest BCUT2D eigenvalue weighted by atomic mass is 9.91. The summed E-state index contributed by atoms with van der Waals surface area (Å²) in [6.45, 7) is 12.0. The van der Waals surface area contributed by atoms with Gasteiger partial charge in [0, 0.05) is 0 Å². The van der Waals surface area contributed by atoms with Gasteiger partial charge in [-0.25, -0.2) is 0 Å². The van der Waals surface area contributed by atoms with Crippen molar-refractivity contribution in [3.05, 3.63) is 0 Å². The number of hydrogen-bond acceptors (Lipinski definition) is 0. The fraction of sp³-hybridized carbons (Fsp3) is 1.00. The average molecular weight is 297 g/mol. The first-order chi connectivity index (χ1) is 10.1. The Morgan fingerprint density at radius 3 is 1.14 bits per heavy atom. The first kappa shape index (κ1) is 21.0. The van der Waals surface area contributed by atoms with E-state index in [2.05, 4.69) is 34.6 Å². The highest BCUT2D eigenvalue weighted by molar-refractivity contribution is 4.60. The molecule has 0 saturated carbocycles. The van der Waals surface area contributed by atoms with Crippen LogP contribution in [0.5, 0.6) is 0 Å². The first-order valence-corrected chi connectivity index (χ1v) is 10.1. The zero-order valence-electron chi connectivity index (χ0n) is 15.9. The molecule has 0 heterocycles. The van der Waals surface area contributed by atoms with Crippen molar-refractivity contribution in [2.75, 3.05) is 0 Å². The van der Waals surface area contributed by atoms with Crippen LogP contribution in [0.25, 0.3) is 0 Å². The van der Waals surface area contributed by atoms with Crippen LogP contribution in [0, 0.1) is 17.8 Å². The van der Waals surface area contributed by atoms with E-state index < -0.39 is 0 Å². The van der Waals surface area contributed by atoms with Gasteiger partial charge in [0.1, 0.15) is 0 Å². The van der Waals surface area contributed by atoms with Gasteiger partial charge in [-0.2, -0.15) is 0 Å². The molecule has 3 atom stereocenters. The molecule has 3 unspecified atom stereocenters. The lowest BCUT2D eigenvalue weighted by molar-refractivity contribution is 0.376. The highest BCUT2D eigenvalue weighted by Crippen LogP contribution is 2.22. The molecule has 0 rings (SSSR count). The predicted molar refractivity (Wildman–Crippen MR) is 98.9 cm³/mol. The van der Waals surface area contributed by atoms with Crippen molar-refractivity contribution in [1.82, 2.24) is 0 Å². The largest absolute Gasteiger partial charge is 0.0654 e. The van der Waals surface area contributed by atoms with Gasteiger partial charge in [0.15, 0.2) is 0 Å². The van der Waals surface area contributed by atoms with Crippen LogP contribution in [-0.2, 0) is 0 Å². The van der Waals surface area contributed by atoms with E-state index >= 15 is 0 Å². The normalized spacial score (nSPS) is 15.9. The van der Waals surface area contributed by atoms with Gasteiger partial charge < -0.3 is 0 Å². The van der Waals surface area contributed by atoms with Gasteiger partial charge in [0.05, 0.1) is 0 Å². The Morgan fingerprint density at radius 2 is 0.762 bits per heavy atom. The molecule has 0 nitrogen and oxygen atoms in total. The second-order valence-corrected chi connectivity index (χ2v) is 7.82. The quantitative estimate of drug-likeness (QED) is 0.268. The molecule has 0 heteroatoms. The van der Waals surface area contributed by atoms with Gasteiger partial charge in [-0.15, -0.1) is 0 Å². The average Bonchev–Trinajstić information content (AvgIpc) is 2.45. The third-order valence-electron chi connectivity index (χ3n) is 5.14. The third-order valence-corrected chi connectivity index (χ3v) is 5.14. The lowest BCUT2D eigenvalue weighted by Gasteiger charge is -2.16. The Hall–Kier alpha value is 0. The highest BCUT2D eigenvalue weighted by Gasteiger charge is 2.07. The summed E-state index contributed by atoms with van der Waals surface area (Å²) in [5.41, 5.74) is 0. The molecule has 0 N–H and O–H groups in total. The minimum Gasteiger partial charge on any atom is -0.0654 e. The Bertz CT molecular complexity index is 196. The van der Waals surface area contributed by atoms with Gasteiger partial charge in [-0.1, -0.05) is 118 Å². The molecule has 0 spiro atoms. The van der Waals surface area contributed by atoms with E-state index in [0.29, 0.717) is 0 Å². The van der Waals surface area contributed by atoms with Gasteiger partial charge in [-0.05, 0) is 17.8 Å². The Labute approximate surface area is 136 Å². The molecule has 0 radical (unpaired) electrons. The van der Waals surface area contributed by atoms with Crippen LogP contribution in [-0.4, -0.2) is 0 Å². The lowest BCUT2D eigenvalue weighted by Crippen LogP contribution is -2.01. The van der Waals surface area contributed by atoms with Crippen LogP contribution >= 0.6 is 0 Å². The molecule has 0 bridgehead atoms. The summed E-state index contributed by atoms with van der Waals surface area (Å²) < 4.78 is 0. The molecule has 0 aromatic heterocycles. The first-order valence-electron chi connectivity index (χ1n) is 10.1. The highest BCUT2D eigenvalue weighted by atomic mass is 14.1. The molecule has 0 aliphatic rings. The van der Waals surface area contributed by atoms with Crippen molar-refractivity contribution >= 4 is 0 Å². The van der Waals surface area contributed by atoms with Gasteiger partial charge >= 0.3 is 0 Å². The maximum Gasteiger partial charge on any atom is -0.0443 e. The fourth-order valence-corrected chi connectivity index (χ4v) is 3.36. The van der Waals surface area contributed by atoms with Gasteiger partial charge in [0.25, 0.3) is 0 Å². The summed E-state index contributed by atoms with van der Waals surface area (Å²) in [5, 5.41) is 0. The Morgan fingerprint density at radius 1 is 0.429 bits per heavy atom. The monoisotopic (exact) mass is 296 g/mol. The van der Waals surface area contributed by atoms with Crippen molar-refractivity contribution in [3.8, 4) is 0 Å². The van der Waals surface area contributed by atoms with E-state index in [0.717, 1.165) is 17.8 Å². The maximum atomic E-state index is 2.47. The molecular weight excluding hydrogens is 252 g/mol. The van der Waals surface area contributed by atoms with Gasteiger partial charge in [0.2, 0.25) is 0 Å². The fourth-order valence-electron chi connectivity index (χ4n) is 3.36. The molecule has 0 aromatic rings. The second-order valence-electron chi connectivity index (χ2n) is 7.82. The van der Waals surface area contributed by atoms with Crippen molar-refractivity contribution < 1.29 is 0 Å². The maximum absolute atomic E-state index is 2.47. The van der Waals surface area contributed by atoms with Crippen LogP contribution in [0.1, 0.15) is 118 Å². The van der Waals surface area contributed by atoms with Crippen LogP contribution < -0.4 is 0 Å². The topological polar surface area (TPSA) is 0 Å². The van der Waals surface area contributed by atoms with Crippen LogP contribution in [0.15, 0.2) is 0 Å². The van der Waals surface area contributed by atoms with Crippen LogP contribution in [0.4, 0.5) is 0 Å². The summed E-state index contributed by atoms with van der Waals surface area (Å²) >= 11 is 0. The molecule has 128 valence electrons. The van der Waals surface area contributed by atoms with E-state index in [1.165, 1.54) is 83.5 Å². The summed E-state index contributed by atoms with van der Waals surface area (Å²) in [5.74, 6) is 2.86. The molecular formula is C21H44. The molecule has 0 aliphatic heterocycles. The third kappa shape index (κ3) is 14.7. The number of hydrogen-bond donors (Lipinski definition) is 0. The van der Waals surface area contributed by atoms with Crippen LogP contribution in [0.2, 0.25) is 0 Å². The van der Waals surface area contributed by atoms with E-state index in [-0.39, 0.29) is 0 Å². The summed E-state index contributed by atoms with van der Waals surface area (Å²) in [6, 6.07) is 0. The molecule has 0 fully saturated rings. The minimum atomic E-state index is 0.950. The Kier molecular flexibility index (Phi) is 14.9. The molecule has 0 aromatic carbocycles. The van der Waals surface area contributed by atoms with Crippen molar-refractivity contribution in [1.29, 1.82) is 0 Å². The SMILES string of the molecule is CCCCCC(C)CCCC(C)CCCC(C)CCCC. The van der Waals surface area contributed by atoms with E-state index in [1.807, 2.05) is 0 Å². The van der Waals surface area contributed by atoms with Crippen LogP contribution in [0.3, 0.4) is 0 Å². The number of unbranched alkanes of at least 4 members (excludes halogenated alkanes) is 3. The number of rotatable bonds is 15. The summed E-state index contributed by atoms with van der Waals surface area (Å²) in [7, 11) is 0. The van der Waals surface area contributed by atoms with Crippen molar-refractivity contribution in [3.63, 3.8) is 0 Å². The summed E-state index contributed by atoms with van der Waals surface area (Å²) in [4.78, 5) is 0. The van der Waals surface area contributed by atoms with E-state index in [4.69, 9.17) is 0 Å². The predicted octanol–water partition coefficient (Wildman–Crippen LogP) is 8.01. The smallest absolute Gasteiger partial charge is 0.0443 e. The molecule has 0 aliphatic carbocycles. The molecule has 21 heavy (non-hydrogen) atoms.